The fraction of sp³-hybridized carbons (Fsp3) is 0.633. The molecule has 236 valence electrons. The van der Waals surface area contributed by atoms with Crippen LogP contribution < -0.4 is 9.64 Å². The lowest BCUT2D eigenvalue weighted by molar-refractivity contribution is -0.154. The largest absolute Gasteiger partial charge is 0.493 e. The second-order valence-electron chi connectivity index (χ2n) is 12.3. The highest BCUT2D eigenvalue weighted by Crippen LogP contribution is 2.43. The summed E-state index contributed by atoms with van der Waals surface area (Å²) < 4.78 is 20.9. The molecule has 0 radical (unpaired) electrons. The third kappa shape index (κ3) is 7.62. The van der Waals surface area contributed by atoms with Crippen LogP contribution in [0.2, 0.25) is 5.02 Å². The molecule has 4 atom stereocenters. The first-order valence-electron chi connectivity index (χ1n) is 14.9. The number of aliphatic hydroxyl groups is 4. The molecular formula is C30H41ClFN5O6. The molecule has 1 aromatic heterocycles. The number of β-amino-alcohol motifs (C(OH)–C–C–N with tert-alkyl or cyclic N) is 1. The van der Waals surface area contributed by atoms with Gasteiger partial charge in [0.15, 0.2) is 0 Å². The third-order valence-electron chi connectivity index (χ3n) is 8.96. The van der Waals surface area contributed by atoms with Crippen molar-refractivity contribution in [2.75, 3.05) is 63.9 Å². The van der Waals surface area contributed by atoms with E-state index in [4.69, 9.17) is 21.4 Å². The van der Waals surface area contributed by atoms with Crippen LogP contribution in [-0.4, -0.2) is 124 Å². The van der Waals surface area contributed by atoms with Crippen LogP contribution in [-0.2, 0) is 4.79 Å². The Kier molecular flexibility index (Phi) is 10.5. The highest BCUT2D eigenvalue weighted by molar-refractivity contribution is 6.30. The van der Waals surface area contributed by atoms with Crippen molar-refractivity contribution in [1.29, 1.82) is 0 Å². The Morgan fingerprint density at radius 3 is 2.42 bits per heavy atom. The number of aldehydes is 1. The number of ether oxygens (including phenoxy) is 1. The first-order valence-corrected chi connectivity index (χ1v) is 15.3. The number of anilines is 1. The number of hydrogen-bond donors (Lipinski definition) is 4. The highest BCUT2D eigenvalue weighted by Gasteiger charge is 2.53. The summed E-state index contributed by atoms with van der Waals surface area (Å²) in [4.78, 5) is 26.6. The van der Waals surface area contributed by atoms with Crippen LogP contribution in [0, 0.1) is 17.2 Å². The van der Waals surface area contributed by atoms with Crippen LogP contribution in [0.5, 0.6) is 5.75 Å². The van der Waals surface area contributed by atoms with E-state index in [9.17, 15) is 20.1 Å². The lowest BCUT2D eigenvalue weighted by Gasteiger charge is -2.62. The van der Waals surface area contributed by atoms with Gasteiger partial charge in [-0.05, 0) is 37.7 Å². The van der Waals surface area contributed by atoms with Gasteiger partial charge in [-0.1, -0.05) is 17.7 Å². The molecule has 3 aliphatic rings. The quantitative estimate of drug-likeness (QED) is 0.179. The Morgan fingerprint density at radius 1 is 1.09 bits per heavy atom. The van der Waals surface area contributed by atoms with Crippen LogP contribution in [0.1, 0.15) is 37.3 Å². The Hall–Kier alpha value is -2.45. The predicted octanol–water partition coefficient (Wildman–Crippen LogP) is 1.28. The lowest BCUT2D eigenvalue weighted by Crippen LogP contribution is -2.73. The summed E-state index contributed by atoms with van der Waals surface area (Å²) in [7, 11) is 0. The van der Waals surface area contributed by atoms with Gasteiger partial charge in [-0.3, -0.25) is 9.80 Å². The standard InChI is InChI=1S/C30H41ClFN5O6/c31-21-11-33-29(34-12-21)36-7-5-20(6-8-36)2-1-9-43-22-3-4-23(24(32)10-22)25(14-38)37-18-30(19-37)16-35(17-30)13-26(40)28(42)27(41)15-39/h3-4,10-12,14,20,25-28,39-42H,1-2,5-9,13,15-19H2/t25?,26-,27+,28-/m0/s1. The average Bonchev–Trinajstić information content (AvgIpc) is 2.97. The van der Waals surface area contributed by atoms with E-state index in [-0.39, 0.29) is 12.0 Å². The average molecular weight is 622 g/mol. The maximum absolute atomic E-state index is 15.1. The van der Waals surface area contributed by atoms with Crippen molar-refractivity contribution < 1.29 is 34.3 Å². The highest BCUT2D eigenvalue weighted by atomic mass is 35.5. The first kappa shape index (κ1) is 32.0. The molecule has 0 bridgehead atoms. The minimum atomic E-state index is -1.42. The number of rotatable bonds is 14. The van der Waals surface area contributed by atoms with Crippen molar-refractivity contribution in [3.63, 3.8) is 0 Å². The van der Waals surface area contributed by atoms with E-state index in [1.54, 1.807) is 24.5 Å². The molecule has 13 heteroatoms. The monoisotopic (exact) mass is 621 g/mol. The Bertz CT molecular complexity index is 1210. The smallest absolute Gasteiger partial charge is 0.225 e. The van der Waals surface area contributed by atoms with E-state index in [2.05, 4.69) is 14.9 Å². The van der Waals surface area contributed by atoms with Crippen LogP contribution in [0.3, 0.4) is 0 Å². The molecule has 2 aromatic rings. The zero-order valence-electron chi connectivity index (χ0n) is 24.1. The Balaban J connectivity index is 1.01. The molecule has 0 saturated carbocycles. The first-order chi connectivity index (χ1) is 20.7. The van der Waals surface area contributed by atoms with Crippen LogP contribution >= 0.6 is 11.6 Å². The summed E-state index contributed by atoms with van der Waals surface area (Å²) in [6.07, 6.45) is 4.01. The number of aromatic nitrogens is 2. The lowest BCUT2D eigenvalue weighted by atomic mass is 9.71. The number of halogens is 2. The molecule has 4 heterocycles. The van der Waals surface area contributed by atoms with Crippen molar-refractivity contribution in [1.82, 2.24) is 19.8 Å². The van der Waals surface area contributed by atoms with E-state index in [1.165, 1.54) is 6.07 Å². The van der Waals surface area contributed by atoms with E-state index >= 15 is 4.39 Å². The number of benzene rings is 1. The summed E-state index contributed by atoms with van der Waals surface area (Å²) in [5.41, 5.74) is 0.280. The summed E-state index contributed by atoms with van der Waals surface area (Å²) in [6, 6.07) is 4.00. The summed E-state index contributed by atoms with van der Waals surface area (Å²) in [5.74, 6) is 1.28. The molecule has 1 spiro atoms. The SMILES string of the molecule is O=CC(c1ccc(OCCCC2CCN(c3ncc(Cl)cn3)CC2)cc1F)N1CC2(CN(C[C@H](O)[C@H](O)[C@H](O)CO)C2)C1. The molecule has 4 N–H and O–H groups in total. The minimum absolute atomic E-state index is 0.0404. The van der Waals surface area contributed by atoms with Crippen LogP contribution in [0.25, 0.3) is 0 Å². The van der Waals surface area contributed by atoms with Crippen LogP contribution in [0.15, 0.2) is 30.6 Å². The van der Waals surface area contributed by atoms with E-state index in [0.29, 0.717) is 61.0 Å². The molecule has 0 aliphatic carbocycles. The van der Waals surface area contributed by atoms with Gasteiger partial charge in [-0.15, -0.1) is 0 Å². The zero-order chi connectivity index (χ0) is 30.6. The Morgan fingerprint density at radius 2 is 1.79 bits per heavy atom. The van der Waals surface area contributed by atoms with Crippen molar-refractivity contribution in [2.24, 2.45) is 11.3 Å². The molecule has 1 aromatic carbocycles. The van der Waals surface area contributed by atoms with Gasteiger partial charge < -0.3 is 34.9 Å². The zero-order valence-corrected chi connectivity index (χ0v) is 24.9. The van der Waals surface area contributed by atoms with Gasteiger partial charge in [-0.2, -0.15) is 0 Å². The molecule has 5 rings (SSSR count). The fourth-order valence-corrected chi connectivity index (χ4v) is 6.72. The molecule has 11 nitrogen and oxygen atoms in total. The van der Waals surface area contributed by atoms with Crippen LogP contribution in [0.4, 0.5) is 10.3 Å². The van der Waals surface area contributed by atoms with E-state index in [0.717, 1.165) is 45.1 Å². The van der Waals surface area contributed by atoms with Crippen molar-refractivity contribution in [2.45, 2.75) is 50.0 Å². The van der Waals surface area contributed by atoms with Gasteiger partial charge in [0.25, 0.3) is 0 Å². The van der Waals surface area contributed by atoms with Gasteiger partial charge >= 0.3 is 0 Å². The molecule has 0 amide bonds. The maximum atomic E-state index is 15.1. The third-order valence-corrected chi connectivity index (χ3v) is 9.15. The van der Waals surface area contributed by atoms with E-state index < -0.39 is 36.8 Å². The van der Waals surface area contributed by atoms with E-state index in [1.807, 2.05) is 9.80 Å². The predicted molar refractivity (Wildman–Crippen MR) is 157 cm³/mol. The van der Waals surface area contributed by atoms with Crippen molar-refractivity contribution in [3.8, 4) is 5.75 Å². The van der Waals surface area contributed by atoms with Crippen molar-refractivity contribution >= 4 is 23.8 Å². The summed E-state index contributed by atoms with van der Waals surface area (Å²) >= 11 is 5.88. The number of carbonyl (C=O) groups is 1. The normalized spacial score (nSPS) is 22.0. The number of likely N-dealkylation sites (tertiary alicyclic amines) is 2. The molecule has 3 saturated heterocycles. The molecule has 3 aliphatic heterocycles. The number of aliphatic hydroxyl groups excluding tert-OH is 4. The Labute approximate surface area is 255 Å². The molecule has 3 fully saturated rings. The molecular weight excluding hydrogens is 581 g/mol. The number of nitrogens with zero attached hydrogens (tertiary/aromatic N) is 5. The second kappa shape index (κ2) is 14.1. The van der Waals surface area contributed by atoms with Gasteiger partial charge in [0.1, 0.15) is 30.1 Å². The topological polar surface area (TPSA) is 143 Å². The molecule has 1 unspecified atom stereocenters. The number of hydrogen-bond acceptors (Lipinski definition) is 11. The fourth-order valence-electron chi connectivity index (χ4n) is 6.63. The van der Waals surface area contributed by atoms with Gasteiger partial charge in [0.05, 0.1) is 42.8 Å². The summed E-state index contributed by atoms with van der Waals surface area (Å²) in [6.45, 7) is 4.41. The maximum Gasteiger partial charge on any atom is 0.225 e. The van der Waals surface area contributed by atoms with Gasteiger partial charge in [0.2, 0.25) is 5.95 Å². The number of piperidine rings is 1. The minimum Gasteiger partial charge on any atom is -0.493 e. The number of carbonyl (C=O) groups excluding carboxylic acids is 1. The second-order valence-corrected chi connectivity index (χ2v) is 12.7. The van der Waals surface area contributed by atoms with Gasteiger partial charge in [0, 0.05) is 62.9 Å². The van der Waals surface area contributed by atoms with Gasteiger partial charge in [-0.25, -0.2) is 14.4 Å². The summed E-state index contributed by atoms with van der Waals surface area (Å²) in [5, 5.41) is 38.9. The molecule has 43 heavy (non-hydrogen) atoms. The van der Waals surface area contributed by atoms with Crippen molar-refractivity contribution in [3.05, 3.63) is 47.0 Å².